The number of allylic oxidation sites excluding steroid dienone is 2. The van der Waals surface area contributed by atoms with Crippen LogP contribution in [-0.4, -0.2) is 59.7 Å². The molecule has 0 unspecified atom stereocenters. The number of urea groups is 1. The molecular weight excluding hydrogens is 469 g/mol. The van der Waals surface area contributed by atoms with Gasteiger partial charge >= 0.3 is 6.03 Å². The van der Waals surface area contributed by atoms with Gasteiger partial charge in [-0.05, 0) is 36.3 Å². The molecule has 1 saturated heterocycles. The van der Waals surface area contributed by atoms with Crippen LogP contribution in [0.2, 0.25) is 0 Å². The van der Waals surface area contributed by atoms with Crippen LogP contribution in [0.15, 0.2) is 52.1 Å². The fourth-order valence-corrected chi connectivity index (χ4v) is 3.64. The second-order valence-corrected chi connectivity index (χ2v) is 7.66. The highest BCUT2D eigenvalue weighted by molar-refractivity contribution is 6.06. The topological polar surface area (TPSA) is 136 Å². The molecule has 11 heteroatoms. The van der Waals surface area contributed by atoms with Crippen LogP contribution in [0, 0.1) is 17.7 Å². The number of imide groups is 1. The van der Waals surface area contributed by atoms with E-state index in [-0.39, 0.29) is 22.4 Å². The highest BCUT2D eigenvalue weighted by Gasteiger charge is 2.28. The highest BCUT2D eigenvalue weighted by Crippen LogP contribution is 2.26. The van der Waals surface area contributed by atoms with Crippen molar-refractivity contribution in [2.45, 2.75) is 26.3 Å². The summed E-state index contributed by atoms with van der Waals surface area (Å²) in [4.78, 5) is 46.9. The van der Waals surface area contributed by atoms with E-state index < -0.39 is 29.4 Å². The molecule has 0 saturated carbocycles. The number of amides is 4. The minimum Gasteiger partial charge on any atom is -0.497 e. The number of halogens is 1. The Morgan fingerprint density at radius 2 is 1.89 bits per heavy atom. The van der Waals surface area contributed by atoms with Crippen LogP contribution in [0.5, 0.6) is 0 Å². The number of hydrogen-bond acceptors (Lipinski definition) is 5. The Balaban J connectivity index is 0.000000198. The van der Waals surface area contributed by atoms with Crippen molar-refractivity contribution in [3.05, 3.63) is 69.0 Å². The van der Waals surface area contributed by atoms with Gasteiger partial charge in [-0.3, -0.25) is 29.9 Å². The normalized spacial score (nSPS) is 18.0. The van der Waals surface area contributed by atoms with Crippen molar-refractivity contribution in [3.63, 3.8) is 0 Å². The first-order valence-electron chi connectivity index (χ1n) is 11.2. The summed E-state index contributed by atoms with van der Waals surface area (Å²) in [6, 6.07) is 0.975. The molecule has 1 aromatic carbocycles. The van der Waals surface area contributed by atoms with Crippen molar-refractivity contribution in [2.24, 2.45) is 0 Å². The van der Waals surface area contributed by atoms with Crippen LogP contribution in [-0.2, 0) is 14.3 Å². The molecule has 0 bridgehead atoms. The summed E-state index contributed by atoms with van der Waals surface area (Å²) < 4.78 is 18.9. The van der Waals surface area contributed by atoms with Crippen LogP contribution in [0.1, 0.15) is 25.8 Å². The van der Waals surface area contributed by atoms with Crippen molar-refractivity contribution >= 4 is 28.7 Å². The average Bonchev–Trinajstić information content (AvgIpc) is 3.42. The van der Waals surface area contributed by atoms with Crippen molar-refractivity contribution in [1.29, 1.82) is 0 Å². The number of carbonyl (C=O) groups is 3. The SMILES string of the molecule is CC.COC1=CC2=C(CC=C1)CN(C)C2=O.O=C1NC(=O)[C@H](C#Cc2cc(F)c3c(=O)[nH][nH]c3c2)N1. The quantitative estimate of drug-likeness (QED) is 0.354. The summed E-state index contributed by atoms with van der Waals surface area (Å²) in [5.41, 5.74) is 1.98. The van der Waals surface area contributed by atoms with Gasteiger partial charge in [0.25, 0.3) is 17.4 Å². The Morgan fingerprint density at radius 3 is 2.56 bits per heavy atom. The molecule has 3 aliphatic rings. The lowest BCUT2D eigenvalue weighted by atomic mass is 10.1. The number of carbonyl (C=O) groups excluding carboxylic acids is 3. The molecule has 188 valence electrons. The van der Waals surface area contributed by atoms with Gasteiger partial charge in [0.2, 0.25) is 0 Å². The first-order valence-corrected chi connectivity index (χ1v) is 11.2. The molecule has 1 aromatic heterocycles. The van der Waals surface area contributed by atoms with Crippen LogP contribution < -0.4 is 16.2 Å². The van der Waals surface area contributed by atoms with Crippen molar-refractivity contribution in [1.82, 2.24) is 25.7 Å². The van der Waals surface area contributed by atoms with E-state index in [0.29, 0.717) is 0 Å². The largest absolute Gasteiger partial charge is 0.497 e. The molecule has 3 heterocycles. The van der Waals surface area contributed by atoms with E-state index in [4.69, 9.17) is 4.74 Å². The van der Waals surface area contributed by atoms with E-state index in [0.717, 1.165) is 30.4 Å². The zero-order chi connectivity index (χ0) is 26.4. The number of aromatic amines is 2. The molecule has 1 fully saturated rings. The number of ether oxygens (including phenoxy) is 1. The van der Waals surface area contributed by atoms with Gasteiger partial charge in [-0.15, -0.1) is 0 Å². The van der Waals surface area contributed by atoms with Gasteiger partial charge in [0.1, 0.15) is 17.0 Å². The van der Waals surface area contributed by atoms with Crippen LogP contribution in [0.4, 0.5) is 9.18 Å². The van der Waals surface area contributed by atoms with Gasteiger partial charge in [0, 0.05) is 24.7 Å². The molecule has 4 amide bonds. The Bertz CT molecular complexity index is 1420. The number of H-pyrrole nitrogens is 2. The summed E-state index contributed by atoms with van der Waals surface area (Å²) in [5.74, 6) is 4.67. The summed E-state index contributed by atoms with van der Waals surface area (Å²) in [6.45, 7) is 4.74. The van der Waals surface area contributed by atoms with E-state index in [1.54, 1.807) is 12.0 Å². The number of fused-ring (bicyclic) bond motifs is 1. The van der Waals surface area contributed by atoms with E-state index in [1.165, 1.54) is 11.6 Å². The number of nitrogens with one attached hydrogen (secondary N) is 4. The molecule has 2 aromatic rings. The summed E-state index contributed by atoms with van der Waals surface area (Å²) in [7, 11) is 3.44. The number of hydrogen-bond donors (Lipinski definition) is 4. The summed E-state index contributed by atoms with van der Waals surface area (Å²) in [5, 5.41) is 9.03. The van der Waals surface area contributed by atoms with Crippen molar-refractivity contribution in [3.8, 4) is 11.8 Å². The van der Waals surface area contributed by atoms with Gasteiger partial charge in [0.05, 0.1) is 12.6 Å². The van der Waals surface area contributed by atoms with E-state index in [9.17, 15) is 23.6 Å². The van der Waals surface area contributed by atoms with Gasteiger partial charge in [-0.2, -0.15) is 0 Å². The Labute approximate surface area is 206 Å². The number of benzene rings is 1. The fraction of sp³-hybridized carbons (Fsp3) is 0.280. The maximum Gasteiger partial charge on any atom is 0.322 e. The number of aromatic nitrogens is 2. The van der Waals surface area contributed by atoms with Gasteiger partial charge in [-0.1, -0.05) is 31.8 Å². The second kappa shape index (κ2) is 11.2. The molecule has 0 spiro atoms. The molecular formula is C25H26FN5O5. The van der Waals surface area contributed by atoms with E-state index in [1.807, 2.05) is 44.4 Å². The minimum atomic E-state index is -0.966. The number of rotatable bonds is 1. The Morgan fingerprint density at radius 1 is 1.14 bits per heavy atom. The Kier molecular flexibility index (Phi) is 8.11. The van der Waals surface area contributed by atoms with Crippen molar-refractivity contribution < 1.29 is 23.5 Å². The summed E-state index contributed by atoms with van der Waals surface area (Å²) in [6.07, 6.45) is 6.61. The van der Waals surface area contributed by atoms with Crippen LogP contribution >= 0.6 is 0 Å². The lowest BCUT2D eigenvalue weighted by molar-refractivity contribution is -0.124. The first kappa shape index (κ1) is 26.0. The molecule has 0 radical (unpaired) electrons. The molecule has 2 aliphatic heterocycles. The third kappa shape index (κ3) is 5.55. The average molecular weight is 496 g/mol. The molecule has 5 rings (SSSR count). The fourth-order valence-electron chi connectivity index (χ4n) is 3.64. The maximum absolute atomic E-state index is 13.7. The zero-order valence-electron chi connectivity index (χ0n) is 20.2. The monoisotopic (exact) mass is 495 g/mol. The van der Waals surface area contributed by atoms with Crippen LogP contribution in [0.25, 0.3) is 10.9 Å². The predicted octanol–water partition coefficient (Wildman–Crippen LogP) is 1.83. The molecule has 1 aliphatic carbocycles. The van der Waals surface area contributed by atoms with Crippen LogP contribution in [0.3, 0.4) is 0 Å². The van der Waals surface area contributed by atoms with E-state index in [2.05, 4.69) is 27.4 Å². The first-order chi connectivity index (χ1) is 17.3. The van der Waals surface area contributed by atoms with Gasteiger partial charge in [-0.25, -0.2) is 9.18 Å². The number of methoxy groups -OCH3 is 1. The smallest absolute Gasteiger partial charge is 0.322 e. The number of nitrogens with zero attached hydrogens (tertiary/aromatic N) is 1. The standard InChI is InChI=1S/C12H7FN4O3.C11H13NO2.C2H6/c13-6-3-5(4-8-9(6)11(19)17-16-8)1-2-7-10(18)15-12(20)14-7;1-12-7-8-4-3-5-9(14-2)6-10(8)11(12)13;1-2/h3-4,7H,(H2,16,17,19)(H2,14,15,18,20);3,5-6H,4,7H2,1-2H3;1-2H3/t7-;;/m0../s1. The zero-order valence-corrected chi connectivity index (χ0v) is 20.2. The third-order valence-corrected chi connectivity index (χ3v) is 5.32. The maximum atomic E-state index is 13.7. The van der Waals surface area contributed by atoms with E-state index >= 15 is 0 Å². The predicted molar refractivity (Wildman–Crippen MR) is 131 cm³/mol. The Hall–Kier alpha value is -4.59. The lowest BCUT2D eigenvalue weighted by Gasteiger charge is -2.08. The third-order valence-electron chi connectivity index (χ3n) is 5.32. The molecule has 1 atom stereocenters. The lowest BCUT2D eigenvalue weighted by Crippen LogP contribution is -2.26. The molecule has 4 N–H and O–H groups in total. The van der Waals surface area contributed by atoms with Gasteiger partial charge in [0.15, 0.2) is 6.04 Å². The summed E-state index contributed by atoms with van der Waals surface area (Å²) >= 11 is 0. The molecule has 36 heavy (non-hydrogen) atoms. The number of likely N-dealkylation sites (N-methyl/N-ethyl adjacent to an activating group) is 1. The minimum absolute atomic E-state index is 0.0811. The second-order valence-electron chi connectivity index (χ2n) is 7.66. The van der Waals surface area contributed by atoms with Crippen molar-refractivity contribution in [2.75, 3.05) is 20.7 Å². The van der Waals surface area contributed by atoms with Gasteiger partial charge < -0.3 is 15.0 Å². The molecule has 10 nitrogen and oxygen atoms in total. The highest BCUT2D eigenvalue weighted by atomic mass is 19.1.